The summed E-state index contributed by atoms with van der Waals surface area (Å²) in [5.74, 6) is 0.0897. The molecule has 0 aromatic heterocycles. The molecule has 1 aromatic rings. The first kappa shape index (κ1) is 15.7. The first-order valence-electron chi connectivity index (χ1n) is 7.56. The second-order valence-electron chi connectivity index (χ2n) is 5.04. The van der Waals surface area contributed by atoms with E-state index in [0.29, 0.717) is 6.54 Å². The Morgan fingerprint density at radius 1 is 1.00 bits per heavy atom. The van der Waals surface area contributed by atoms with Gasteiger partial charge < -0.3 is 0 Å². The first-order chi connectivity index (χ1) is 10.6. The van der Waals surface area contributed by atoms with Gasteiger partial charge in [-0.3, -0.25) is 0 Å². The maximum atomic E-state index is 12.9. The van der Waals surface area contributed by atoms with Crippen LogP contribution in [0.25, 0.3) is 0 Å². The molecule has 1 saturated heterocycles. The standard InChI is InChI=1S/C16H19N3OSSe/c1-4-17-11-9-7-8-10-12(11)21-15(17)13-14(20)19(6-3)16(22)18(13)5-2/h7-10H,4-6H2,1-3H3/b15-13-. The zero-order valence-corrected chi connectivity index (χ0v) is 15.5. The van der Waals surface area contributed by atoms with E-state index in [1.54, 1.807) is 11.8 Å². The summed E-state index contributed by atoms with van der Waals surface area (Å²) in [6.07, 6.45) is 0. The van der Waals surface area contributed by atoms with Crippen LogP contribution in [0, 0.1) is 0 Å². The molecule has 2 aliphatic heterocycles. The molecule has 22 heavy (non-hydrogen) atoms. The third kappa shape index (κ3) is 2.21. The van der Waals surface area contributed by atoms with Crippen molar-refractivity contribution in [3.63, 3.8) is 0 Å². The van der Waals surface area contributed by atoms with E-state index in [1.807, 2.05) is 24.0 Å². The van der Waals surface area contributed by atoms with Crippen molar-refractivity contribution in [2.45, 2.75) is 25.7 Å². The Labute approximate surface area is 143 Å². The molecule has 0 radical (unpaired) electrons. The number of thioether (sulfide) groups is 1. The number of nitrogens with zero attached hydrogens (tertiary/aromatic N) is 3. The van der Waals surface area contributed by atoms with E-state index in [2.05, 4.69) is 51.4 Å². The van der Waals surface area contributed by atoms with Crippen molar-refractivity contribution < 1.29 is 4.79 Å². The van der Waals surface area contributed by atoms with Gasteiger partial charge in [-0.1, -0.05) is 0 Å². The number of likely N-dealkylation sites (N-methyl/N-ethyl adjacent to an activating group) is 2. The molecule has 6 heteroatoms. The second-order valence-corrected chi connectivity index (χ2v) is 6.84. The molecule has 0 atom stereocenters. The normalized spacial score (nSPS) is 21.1. The fourth-order valence-corrected chi connectivity index (χ4v) is 5.05. The van der Waals surface area contributed by atoms with Crippen LogP contribution in [0.3, 0.4) is 0 Å². The number of carbonyl (C=O) groups excluding carboxylic acids is 1. The van der Waals surface area contributed by atoms with E-state index >= 15 is 0 Å². The maximum absolute atomic E-state index is 12.9. The van der Waals surface area contributed by atoms with Gasteiger partial charge in [-0.2, -0.15) is 0 Å². The number of para-hydroxylation sites is 1. The van der Waals surface area contributed by atoms with Crippen LogP contribution in [0.1, 0.15) is 20.8 Å². The molecule has 2 aliphatic rings. The summed E-state index contributed by atoms with van der Waals surface area (Å²) in [5, 5.41) is 1.04. The Balaban J connectivity index is 2.13. The zero-order chi connectivity index (χ0) is 15.9. The van der Waals surface area contributed by atoms with Gasteiger partial charge in [0.15, 0.2) is 0 Å². The van der Waals surface area contributed by atoms with Gasteiger partial charge in [-0.15, -0.1) is 0 Å². The minimum atomic E-state index is 0.0897. The van der Waals surface area contributed by atoms with E-state index in [4.69, 9.17) is 0 Å². The molecular formula is C16H19N3OSSe. The third-order valence-corrected chi connectivity index (χ3v) is 6.04. The van der Waals surface area contributed by atoms with Crippen molar-refractivity contribution in [1.82, 2.24) is 9.80 Å². The van der Waals surface area contributed by atoms with Crippen molar-refractivity contribution >= 4 is 43.6 Å². The topological polar surface area (TPSA) is 26.8 Å². The first-order valence-corrected chi connectivity index (χ1v) is 9.23. The molecular weight excluding hydrogens is 361 g/mol. The Morgan fingerprint density at radius 2 is 1.64 bits per heavy atom. The van der Waals surface area contributed by atoms with Gasteiger partial charge in [0.2, 0.25) is 0 Å². The van der Waals surface area contributed by atoms with Crippen LogP contribution < -0.4 is 4.90 Å². The summed E-state index contributed by atoms with van der Waals surface area (Å²) in [6, 6.07) is 8.33. The van der Waals surface area contributed by atoms with E-state index in [0.717, 1.165) is 28.5 Å². The zero-order valence-electron chi connectivity index (χ0n) is 13.0. The minimum absolute atomic E-state index is 0.0897. The van der Waals surface area contributed by atoms with Gasteiger partial charge in [-0.25, -0.2) is 0 Å². The molecule has 3 rings (SSSR count). The fraction of sp³-hybridized carbons (Fsp3) is 0.375. The van der Waals surface area contributed by atoms with Gasteiger partial charge in [0.25, 0.3) is 0 Å². The molecule has 0 bridgehead atoms. The Morgan fingerprint density at radius 3 is 2.27 bits per heavy atom. The van der Waals surface area contributed by atoms with Crippen LogP contribution in [0.5, 0.6) is 0 Å². The summed E-state index contributed by atoms with van der Waals surface area (Å²) in [7, 11) is 0. The monoisotopic (exact) mass is 381 g/mol. The van der Waals surface area contributed by atoms with E-state index in [-0.39, 0.29) is 5.91 Å². The third-order valence-electron chi connectivity index (χ3n) is 3.94. The van der Waals surface area contributed by atoms with Crippen molar-refractivity contribution in [3.05, 3.63) is 35.0 Å². The summed E-state index contributed by atoms with van der Waals surface area (Å²) in [5.41, 5.74) is 1.99. The van der Waals surface area contributed by atoms with Gasteiger partial charge >= 0.3 is 143 Å². The van der Waals surface area contributed by atoms with Crippen molar-refractivity contribution in [2.24, 2.45) is 0 Å². The number of benzene rings is 1. The summed E-state index contributed by atoms with van der Waals surface area (Å²) >= 11 is 4.76. The predicted octanol–water partition coefficient (Wildman–Crippen LogP) is 2.23. The number of hydrogen-bond donors (Lipinski definition) is 0. The SMILES string of the molecule is CCN1C(=O)/C(=C2/Sc3ccccc3N2CC)N(CC)C1=[Se]. The van der Waals surface area contributed by atoms with Crippen molar-refractivity contribution in [1.29, 1.82) is 0 Å². The summed E-state index contributed by atoms with van der Waals surface area (Å²) < 4.78 is 0.908. The molecule has 2 heterocycles. The number of fused-ring (bicyclic) bond motifs is 1. The fourth-order valence-electron chi connectivity index (χ4n) is 2.88. The van der Waals surface area contributed by atoms with E-state index < -0.39 is 0 Å². The molecule has 1 amide bonds. The number of rotatable bonds is 3. The van der Waals surface area contributed by atoms with Crippen LogP contribution in [0.4, 0.5) is 5.69 Å². The van der Waals surface area contributed by atoms with Crippen LogP contribution in [-0.4, -0.2) is 55.6 Å². The van der Waals surface area contributed by atoms with Gasteiger partial charge in [0.1, 0.15) is 0 Å². The van der Waals surface area contributed by atoms with Crippen molar-refractivity contribution in [2.75, 3.05) is 24.5 Å². The Kier molecular flexibility index (Phi) is 4.35. The second kappa shape index (κ2) is 6.11. The van der Waals surface area contributed by atoms with Crippen LogP contribution in [0.2, 0.25) is 0 Å². The molecule has 1 aromatic carbocycles. The summed E-state index contributed by atoms with van der Waals surface area (Å²) in [4.78, 5) is 20.2. The van der Waals surface area contributed by atoms with Crippen LogP contribution >= 0.6 is 11.8 Å². The Bertz CT molecular complexity index is 673. The molecule has 0 unspecified atom stereocenters. The van der Waals surface area contributed by atoms with E-state index in [9.17, 15) is 4.79 Å². The van der Waals surface area contributed by atoms with Crippen LogP contribution in [0.15, 0.2) is 39.9 Å². The molecule has 0 aliphatic carbocycles. The average Bonchev–Trinajstić information content (AvgIpc) is 3.01. The van der Waals surface area contributed by atoms with Crippen LogP contribution in [-0.2, 0) is 4.79 Å². The predicted molar refractivity (Wildman–Crippen MR) is 92.9 cm³/mol. The van der Waals surface area contributed by atoms with Gasteiger partial charge in [0.05, 0.1) is 0 Å². The molecule has 116 valence electrons. The van der Waals surface area contributed by atoms with Gasteiger partial charge in [0, 0.05) is 0 Å². The average molecular weight is 380 g/mol. The number of carbonyl (C=O) groups is 1. The molecule has 0 N–H and O–H groups in total. The van der Waals surface area contributed by atoms with E-state index in [1.165, 1.54) is 10.6 Å². The molecule has 4 nitrogen and oxygen atoms in total. The Hall–Kier alpha value is -1.23. The molecule has 0 spiro atoms. The van der Waals surface area contributed by atoms with Crippen molar-refractivity contribution in [3.8, 4) is 0 Å². The number of anilines is 1. The number of amides is 1. The number of hydrogen-bond acceptors (Lipinski definition) is 4. The summed E-state index contributed by atoms with van der Waals surface area (Å²) in [6.45, 7) is 8.51. The molecule has 1 fully saturated rings. The molecule has 0 saturated carbocycles. The van der Waals surface area contributed by atoms with Gasteiger partial charge in [-0.05, 0) is 0 Å². The quantitative estimate of drug-likeness (QED) is 0.594.